The molecule has 0 atom stereocenters. The number of nitriles is 1. The zero-order chi connectivity index (χ0) is 27.1. The minimum atomic E-state index is -0.306. The Morgan fingerprint density at radius 3 is 2.14 bits per heavy atom. The molecule has 0 radical (unpaired) electrons. The van der Waals surface area contributed by atoms with Crippen LogP contribution < -0.4 is 5.32 Å². The van der Waals surface area contributed by atoms with Crippen molar-refractivity contribution in [1.29, 1.82) is 5.26 Å². The summed E-state index contributed by atoms with van der Waals surface area (Å²) in [6.07, 6.45) is 6.25. The van der Waals surface area contributed by atoms with Crippen LogP contribution in [0.2, 0.25) is 0 Å². The highest BCUT2D eigenvalue weighted by Crippen LogP contribution is 2.38. The molecule has 5 heteroatoms. The fourth-order valence-corrected chi connectivity index (χ4v) is 4.06. The topological polar surface area (TPSA) is 79.2 Å². The molecular formula is C31H42N2O3. The van der Waals surface area contributed by atoms with Crippen LogP contribution in [-0.2, 0) is 22.4 Å². The van der Waals surface area contributed by atoms with Gasteiger partial charge in [-0.3, -0.25) is 9.59 Å². The molecule has 36 heavy (non-hydrogen) atoms. The fraction of sp³-hybridized carbons (Fsp3) is 0.452. The van der Waals surface area contributed by atoms with E-state index in [0.29, 0.717) is 11.3 Å². The van der Waals surface area contributed by atoms with Gasteiger partial charge < -0.3 is 10.1 Å². The average Bonchev–Trinajstić information content (AvgIpc) is 2.87. The van der Waals surface area contributed by atoms with Gasteiger partial charge in [0.15, 0.2) is 0 Å². The molecule has 0 spiro atoms. The summed E-state index contributed by atoms with van der Waals surface area (Å²) in [5.74, 6) is -0.306. The monoisotopic (exact) mass is 490 g/mol. The van der Waals surface area contributed by atoms with Crippen LogP contribution in [0.15, 0.2) is 53.6 Å². The summed E-state index contributed by atoms with van der Waals surface area (Å²) in [5, 5.41) is 12.5. The highest BCUT2D eigenvalue weighted by molar-refractivity contribution is 6.07. The lowest BCUT2D eigenvalue weighted by atomic mass is 9.74. The van der Waals surface area contributed by atoms with Crippen LogP contribution in [0.4, 0.5) is 5.69 Å². The van der Waals surface area contributed by atoms with Crippen LogP contribution in [0.1, 0.15) is 80.4 Å². The summed E-state index contributed by atoms with van der Waals surface area (Å²) < 4.78 is 4.25. The lowest BCUT2D eigenvalue weighted by Crippen LogP contribution is -2.21. The highest BCUT2D eigenvalue weighted by atomic mass is 16.4. The normalized spacial score (nSPS) is 13.7. The third kappa shape index (κ3) is 9.79. The molecule has 3 rings (SSSR count). The van der Waals surface area contributed by atoms with E-state index < -0.39 is 0 Å². The molecule has 1 aliphatic carbocycles. The van der Waals surface area contributed by atoms with Crippen LogP contribution in [0.25, 0.3) is 0 Å². The Balaban J connectivity index is 0.00000120. The van der Waals surface area contributed by atoms with Gasteiger partial charge in [0.25, 0.3) is 5.91 Å². The van der Waals surface area contributed by atoms with Crippen molar-refractivity contribution in [3.05, 3.63) is 75.9 Å². The number of benzene rings is 2. The third-order valence-corrected chi connectivity index (χ3v) is 6.30. The first-order chi connectivity index (χ1) is 17.2. The van der Waals surface area contributed by atoms with Crippen molar-refractivity contribution in [3.8, 4) is 6.07 Å². The van der Waals surface area contributed by atoms with Crippen LogP contribution in [-0.4, -0.2) is 26.4 Å². The Hall–Kier alpha value is -3.23. The van der Waals surface area contributed by atoms with Gasteiger partial charge in [0, 0.05) is 25.5 Å². The van der Waals surface area contributed by atoms with E-state index in [1.165, 1.54) is 11.1 Å². The number of carbonyl (C=O) groups excluding carboxylic acids is 2. The van der Waals surface area contributed by atoms with Gasteiger partial charge in [-0.1, -0.05) is 58.0 Å². The fourth-order valence-electron chi connectivity index (χ4n) is 4.06. The van der Waals surface area contributed by atoms with Gasteiger partial charge in [-0.15, -0.1) is 0 Å². The molecule has 2 aromatic rings. The molecule has 2 aromatic carbocycles. The zero-order valence-electron chi connectivity index (χ0n) is 23.0. The van der Waals surface area contributed by atoms with E-state index in [1.807, 2.05) is 63.2 Å². The Bertz CT molecular complexity index is 1050. The van der Waals surface area contributed by atoms with Crippen LogP contribution in [0.5, 0.6) is 0 Å². The number of aldehydes is 1. The number of hydrogen-bond acceptors (Lipinski definition) is 4. The number of allylic oxidation sites excluding steroid dienone is 1. The Morgan fingerprint density at radius 1 is 1.06 bits per heavy atom. The van der Waals surface area contributed by atoms with Crippen molar-refractivity contribution in [1.82, 2.24) is 0 Å². The Kier molecular flexibility index (Phi) is 13.4. The lowest BCUT2D eigenvalue weighted by molar-refractivity contribution is -0.112. The maximum atomic E-state index is 12.7. The van der Waals surface area contributed by atoms with Crippen LogP contribution >= 0.6 is 0 Å². The molecule has 1 amide bonds. The Morgan fingerprint density at radius 2 is 1.64 bits per heavy atom. The van der Waals surface area contributed by atoms with Crippen molar-refractivity contribution in [2.24, 2.45) is 5.41 Å². The van der Waals surface area contributed by atoms with Gasteiger partial charge in [-0.2, -0.15) is 5.26 Å². The molecule has 5 nitrogen and oxygen atoms in total. The van der Waals surface area contributed by atoms with Crippen LogP contribution in [0, 0.1) is 23.7 Å². The molecule has 0 saturated heterocycles. The number of aryl methyl sites for hydroxylation is 3. The summed E-state index contributed by atoms with van der Waals surface area (Å²) in [6.45, 7) is 10.5. The number of nitrogens with zero attached hydrogens (tertiary/aromatic N) is 1. The summed E-state index contributed by atoms with van der Waals surface area (Å²) in [6, 6.07) is 15.7. The third-order valence-electron chi connectivity index (χ3n) is 6.30. The predicted octanol–water partition coefficient (Wildman–Crippen LogP) is 7.24. The van der Waals surface area contributed by atoms with Crippen molar-refractivity contribution in [2.45, 2.75) is 73.1 Å². The van der Waals surface area contributed by atoms with Crippen LogP contribution in [0.3, 0.4) is 0 Å². The summed E-state index contributed by atoms with van der Waals surface area (Å²) >= 11 is 0. The molecule has 1 N–H and O–H groups in total. The van der Waals surface area contributed by atoms with Gasteiger partial charge in [0.05, 0.1) is 0 Å². The number of amides is 1. The molecule has 1 fully saturated rings. The van der Waals surface area contributed by atoms with Gasteiger partial charge in [0.2, 0.25) is 0 Å². The van der Waals surface area contributed by atoms with Gasteiger partial charge in [-0.25, -0.2) is 0 Å². The quantitative estimate of drug-likeness (QED) is 0.263. The average molecular weight is 491 g/mol. The Labute approximate surface area is 217 Å². The number of rotatable bonds is 6. The number of hydrogen-bond donors (Lipinski definition) is 1. The molecule has 1 saturated carbocycles. The number of methoxy groups -OCH3 is 1. The number of ether oxygens (including phenoxy) is 1. The predicted molar refractivity (Wildman–Crippen MR) is 148 cm³/mol. The van der Waals surface area contributed by atoms with E-state index in [2.05, 4.69) is 30.0 Å². The smallest absolute Gasteiger partial charge is 0.266 e. The second kappa shape index (κ2) is 15.7. The number of nitrogens with one attached hydrogen (secondary N) is 1. The van der Waals surface area contributed by atoms with E-state index in [9.17, 15) is 14.9 Å². The van der Waals surface area contributed by atoms with E-state index >= 15 is 0 Å². The van der Waals surface area contributed by atoms with E-state index in [4.69, 9.17) is 0 Å². The van der Waals surface area contributed by atoms with Crippen molar-refractivity contribution in [3.63, 3.8) is 0 Å². The zero-order valence-corrected chi connectivity index (χ0v) is 23.0. The second-order valence-electron chi connectivity index (χ2n) is 9.62. The molecule has 0 unspecified atom stereocenters. The maximum absolute atomic E-state index is 12.7. The first-order valence-corrected chi connectivity index (χ1v) is 12.7. The lowest BCUT2D eigenvalue weighted by Gasteiger charge is -2.31. The minimum Gasteiger partial charge on any atom is -0.388 e. The maximum Gasteiger partial charge on any atom is 0.266 e. The van der Waals surface area contributed by atoms with Gasteiger partial charge >= 0.3 is 0 Å². The highest BCUT2D eigenvalue weighted by Gasteiger charge is 2.27. The first kappa shape index (κ1) is 30.8. The van der Waals surface area contributed by atoms with Crippen molar-refractivity contribution < 1.29 is 14.3 Å². The molecule has 0 bridgehead atoms. The molecule has 0 aromatic heterocycles. The second-order valence-corrected chi connectivity index (χ2v) is 9.62. The molecule has 194 valence electrons. The molecule has 0 heterocycles. The molecular weight excluding hydrogens is 448 g/mol. The summed E-state index contributed by atoms with van der Waals surface area (Å²) in [7, 11) is 3.25. The first-order valence-electron chi connectivity index (χ1n) is 12.7. The number of carbonyl (C=O) groups is 2. The number of anilines is 1. The summed E-state index contributed by atoms with van der Waals surface area (Å²) in [5.41, 5.74) is 6.44. The van der Waals surface area contributed by atoms with Crippen molar-refractivity contribution >= 4 is 17.9 Å². The van der Waals surface area contributed by atoms with Gasteiger partial charge in [0.1, 0.15) is 17.9 Å². The minimum absolute atomic E-state index is 0.274. The standard InChI is InChI=1S/C27H30N2O2.C2H6O.C2H6/c1-19-16-24(11-10-22(19)9-8-20-4-6-21(18-30)7-5-20)29-26(31)25(17-28)23-12-14-27(2,3)15-13-23;1-3-2;1-2/h4-7,10-11,16,18H,8-9,12-15H2,1-3H3,(H,29,31);1-2H3;1-2H3. The van der Waals surface area contributed by atoms with E-state index in [1.54, 1.807) is 14.2 Å². The molecule has 1 aliphatic rings. The SMILES string of the molecule is CC.COC.Cc1cc(NC(=O)C(C#N)=C2CCC(C)(C)CC2)ccc1CCc1ccc(C=O)cc1. The van der Waals surface area contributed by atoms with E-state index in [-0.39, 0.29) is 16.9 Å². The summed E-state index contributed by atoms with van der Waals surface area (Å²) in [4.78, 5) is 23.5. The molecule has 0 aliphatic heterocycles. The largest absolute Gasteiger partial charge is 0.388 e. The van der Waals surface area contributed by atoms with E-state index in [0.717, 1.165) is 55.9 Å². The van der Waals surface area contributed by atoms with Gasteiger partial charge in [-0.05, 0) is 85.3 Å². The van der Waals surface area contributed by atoms with Crippen molar-refractivity contribution in [2.75, 3.05) is 19.5 Å².